The Hall–Kier alpha value is -3.11. The van der Waals surface area contributed by atoms with Crippen LogP contribution in [0.2, 0.25) is 5.02 Å². The van der Waals surface area contributed by atoms with Crippen LogP contribution in [0, 0.1) is 0 Å². The molecule has 0 aliphatic carbocycles. The quantitative estimate of drug-likeness (QED) is 0.537. The number of halogens is 1. The van der Waals surface area contributed by atoms with Gasteiger partial charge < -0.3 is 9.84 Å². The van der Waals surface area contributed by atoms with Crippen LogP contribution in [0.5, 0.6) is 0 Å². The maximum atomic E-state index is 12.8. The summed E-state index contributed by atoms with van der Waals surface area (Å²) in [6.07, 6.45) is 0.147. The summed E-state index contributed by atoms with van der Waals surface area (Å²) in [5, 5.41) is 8.67. The van der Waals surface area contributed by atoms with Crippen molar-refractivity contribution in [1.82, 2.24) is 10.5 Å². The summed E-state index contributed by atoms with van der Waals surface area (Å²) in [5.74, 6) is -0.127. The number of hydrogen-bond acceptors (Lipinski definition) is 3. The average Bonchev–Trinajstić information content (AvgIpc) is 3.10. The van der Waals surface area contributed by atoms with Gasteiger partial charge in [0, 0.05) is 10.4 Å². The van der Waals surface area contributed by atoms with E-state index in [4.69, 9.17) is 16.1 Å². The van der Waals surface area contributed by atoms with E-state index in [0.717, 1.165) is 16.5 Å². The number of nitrogens with zero attached hydrogens (tertiary/aromatic N) is 1. The molecule has 4 aromatic rings. The van der Waals surface area contributed by atoms with Crippen molar-refractivity contribution in [2.24, 2.45) is 0 Å². The van der Waals surface area contributed by atoms with Gasteiger partial charge in [0.05, 0.1) is 12.5 Å². The van der Waals surface area contributed by atoms with E-state index in [1.807, 2.05) is 78.9 Å². The fraction of sp³-hybridized carbons (Fsp3) is 0.0909. The largest absolute Gasteiger partial charge is 0.356 e. The molecule has 1 N–H and O–H groups in total. The summed E-state index contributed by atoms with van der Waals surface area (Å²) in [6, 6.07) is 24.6. The predicted octanol–water partition coefficient (Wildman–Crippen LogP) is 4.93. The van der Waals surface area contributed by atoms with Crippen molar-refractivity contribution >= 4 is 28.5 Å². The Morgan fingerprint density at radius 2 is 1.59 bits per heavy atom. The predicted molar refractivity (Wildman–Crippen MR) is 106 cm³/mol. The molecule has 0 aliphatic rings. The Morgan fingerprint density at radius 3 is 2.37 bits per heavy atom. The fourth-order valence-corrected chi connectivity index (χ4v) is 3.22. The van der Waals surface area contributed by atoms with E-state index in [0.29, 0.717) is 16.3 Å². The van der Waals surface area contributed by atoms with Crippen LogP contribution in [0.25, 0.3) is 11.0 Å². The summed E-state index contributed by atoms with van der Waals surface area (Å²) < 4.78 is 5.29. The molecule has 0 fully saturated rings. The van der Waals surface area contributed by atoms with Gasteiger partial charge in [-0.1, -0.05) is 71.4 Å². The molecule has 4 rings (SSSR count). The molecule has 4 nitrogen and oxygen atoms in total. The van der Waals surface area contributed by atoms with Gasteiger partial charge in [-0.2, -0.15) is 0 Å². The normalized spacial score (nSPS) is 12.0. The number of amides is 1. The third-order valence-corrected chi connectivity index (χ3v) is 4.67. The van der Waals surface area contributed by atoms with E-state index in [2.05, 4.69) is 10.5 Å². The van der Waals surface area contributed by atoms with E-state index in [-0.39, 0.29) is 18.4 Å². The summed E-state index contributed by atoms with van der Waals surface area (Å²) >= 11 is 6.01. The van der Waals surface area contributed by atoms with E-state index < -0.39 is 0 Å². The fourth-order valence-electron chi connectivity index (χ4n) is 3.09. The molecule has 0 bridgehead atoms. The Bertz CT molecular complexity index is 1060. The van der Waals surface area contributed by atoms with Gasteiger partial charge in [0.25, 0.3) is 0 Å². The highest BCUT2D eigenvalue weighted by Gasteiger charge is 2.19. The van der Waals surface area contributed by atoms with Crippen LogP contribution < -0.4 is 5.32 Å². The van der Waals surface area contributed by atoms with Crippen molar-refractivity contribution in [3.8, 4) is 0 Å². The van der Waals surface area contributed by atoms with Crippen molar-refractivity contribution in [2.75, 3.05) is 0 Å². The first-order valence-corrected chi connectivity index (χ1v) is 9.01. The van der Waals surface area contributed by atoms with E-state index in [9.17, 15) is 4.79 Å². The molecule has 0 saturated heterocycles. The van der Waals surface area contributed by atoms with Gasteiger partial charge in [0.1, 0.15) is 5.69 Å². The number of aromatic nitrogens is 1. The third kappa shape index (κ3) is 3.86. The number of rotatable bonds is 5. The van der Waals surface area contributed by atoms with Crippen LogP contribution in [0.4, 0.5) is 0 Å². The first kappa shape index (κ1) is 17.3. The molecule has 5 heteroatoms. The highest BCUT2D eigenvalue weighted by molar-refractivity contribution is 6.30. The molecular formula is C22H17ClN2O2. The van der Waals surface area contributed by atoms with E-state index >= 15 is 0 Å². The average molecular weight is 377 g/mol. The summed E-state index contributed by atoms with van der Waals surface area (Å²) in [5.41, 5.74) is 3.27. The molecule has 1 amide bonds. The van der Waals surface area contributed by atoms with Gasteiger partial charge in [-0.25, -0.2) is 0 Å². The topological polar surface area (TPSA) is 55.1 Å². The SMILES string of the molecule is O=C(Cc1noc2ccccc12)N[C@H](c1ccccc1)c1ccc(Cl)cc1. The number of benzene rings is 3. The Morgan fingerprint density at radius 1 is 0.926 bits per heavy atom. The summed E-state index contributed by atoms with van der Waals surface area (Å²) in [4.78, 5) is 12.8. The van der Waals surface area contributed by atoms with Gasteiger partial charge >= 0.3 is 0 Å². The van der Waals surface area contributed by atoms with Gasteiger partial charge in [-0.05, 0) is 35.4 Å². The van der Waals surface area contributed by atoms with Gasteiger partial charge in [0.15, 0.2) is 5.58 Å². The standard InChI is InChI=1S/C22H17ClN2O2/c23-17-12-10-16(11-13-17)22(15-6-2-1-3-7-15)24-21(26)14-19-18-8-4-5-9-20(18)27-25-19/h1-13,22H,14H2,(H,24,26)/t22-/m1/s1. The van der Waals surface area contributed by atoms with Crippen LogP contribution in [-0.4, -0.2) is 11.1 Å². The van der Waals surface area contributed by atoms with E-state index in [1.165, 1.54) is 0 Å². The lowest BCUT2D eigenvalue weighted by Crippen LogP contribution is -2.30. The van der Waals surface area contributed by atoms with Crippen molar-refractivity contribution in [1.29, 1.82) is 0 Å². The number of fused-ring (bicyclic) bond motifs is 1. The zero-order chi connectivity index (χ0) is 18.6. The molecule has 1 aromatic heterocycles. The second-order valence-electron chi connectivity index (χ2n) is 6.26. The molecule has 0 spiro atoms. The minimum absolute atomic E-state index is 0.127. The maximum Gasteiger partial charge on any atom is 0.226 e. The molecular weight excluding hydrogens is 360 g/mol. The van der Waals surface area contributed by atoms with Gasteiger partial charge in [-0.15, -0.1) is 0 Å². The summed E-state index contributed by atoms with van der Waals surface area (Å²) in [6.45, 7) is 0. The molecule has 0 saturated carbocycles. The van der Waals surface area contributed by atoms with Crippen LogP contribution in [0.1, 0.15) is 22.9 Å². The first-order valence-electron chi connectivity index (χ1n) is 8.64. The lowest BCUT2D eigenvalue weighted by molar-refractivity contribution is -0.121. The molecule has 1 atom stereocenters. The highest BCUT2D eigenvalue weighted by atomic mass is 35.5. The minimum Gasteiger partial charge on any atom is -0.356 e. The van der Waals surface area contributed by atoms with Gasteiger partial charge in [-0.3, -0.25) is 4.79 Å². The van der Waals surface area contributed by atoms with Crippen molar-refractivity contribution < 1.29 is 9.32 Å². The van der Waals surface area contributed by atoms with Crippen LogP contribution in [-0.2, 0) is 11.2 Å². The number of nitrogens with one attached hydrogen (secondary N) is 1. The van der Waals surface area contributed by atoms with Crippen molar-refractivity contribution in [2.45, 2.75) is 12.5 Å². The Balaban J connectivity index is 1.59. The number of para-hydroxylation sites is 1. The second-order valence-corrected chi connectivity index (χ2v) is 6.70. The van der Waals surface area contributed by atoms with E-state index in [1.54, 1.807) is 0 Å². The minimum atomic E-state index is -0.269. The zero-order valence-corrected chi connectivity index (χ0v) is 15.2. The highest BCUT2D eigenvalue weighted by Crippen LogP contribution is 2.24. The number of carbonyl (C=O) groups excluding carboxylic acids is 1. The first-order chi connectivity index (χ1) is 13.2. The third-order valence-electron chi connectivity index (χ3n) is 4.42. The maximum absolute atomic E-state index is 12.8. The van der Waals surface area contributed by atoms with Crippen molar-refractivity contribution in [3.05, 3.63) is 101 Å². The lowest BCUT2D eigenvalue weighted by Gasteiger charge is -2.20. The van der Waals surface area contributed by atoms with Crippen LogP contribution in [0.15, 0.2) is 83.4 Å². The molecule has 1 heterocycles. The monoisotopic (exact) mass is 376 g/mol. The smallest absolute Gasteiger partial charge is 0.226 e. The Kier molecular flexibility index (Phi) is 4.90. The van der Waals surface area contributed by atoms with Crippen LogP contribution >= 0.6 is 11.6 Å². The van der Waals surface area contributed by atoms with Crippen LogP contribution in [0.3, 0.4) is 0 Å². The molecule has 3 aromatic carbocycles. The number of carbonyl (C=O) groups is 1. The Labute approximate surface area is 161 Å². The summed E-state index contributed by atoms with van der Waals surface area (Å²) in [7, 11) is 0. The van der Waals surface area contributed by atoms with Crippen molar-refractivity contribution in [3.63, 3.8) is 0 Å². The molecule has 134 valence electrons. The second kappa shape index (κ2) is 7.64. The molecule has 0 unspecified atom stereocenters. The number of hydrogen-bond donors (Lipinski definition) is 1. The van der Waals surface area contributed by atoms with Gasteiger partial charge in [0.2, 0.25) is 5.91 Å². The zero-order valence-electron chi connectivity index (χ0n) is 14.4. The molecule has 0 radical (unpaired) electrons. The molecule has 0 aliphatic heterocycles. The lowest BCUT2D eigenvalue weighted by atomic mass is 9.98. The molecule has 27 heavy (non-hydrogen) atoms.